The van der Waals surface area contributed by atoms with Crippen molar-refractivity contribution in [3.63, 3.8) is 0 Å². The minimum absolute atomic E-state index is 0.155. The number of aryl methyl sites for hydroxylation is 2. The van der Waals surface area contributed by atoms with Crippen LogP contribution in [0.3, 0.4) is 0 Å². The summed E-state index contributed by atoms with van der Waals surface area (Å²) >= 11 is 5.21. The van der Waals surface area contributed by atoms with Crippen molar-refractivity contribution in [2.45, 2.75) is 76.1 Å². The van der Waals surface area contributed by atoms with E-state index in [0.29, 0.717) is 12.5 Å². The number of thioether (sulfide) groups is 2. The smallest absolute Gasteiger partial charge is 0.319 e. The molecule has 184 valence electrons. The van der Waals surface area contributed by atoms with Crippen molar-refractivity contribution in [3.05, 3.63) is 46.5 Å². The Hall–Kier alpha value is -1.70. The lowest BCUT2D eigenvalue weighted by molar-refractivity contribution is 0.251. The zero-order valence-corrected chi connectivity index (χ0v) is 23.4. The number of unbranched alkanes of at least 4 members (excludes halogenated alkanes) is 2. The average molecular weight is 516 g/mol. The van der Waals surface area contributed by atoms with Gasteiger partial charge in [-0.15, -0.1) is 34.9 Å². The number of carbonyl (C=O) groups is 1. The lowest BCUT2D eigenvalue weighted by Crippen LogP contribution is -2.33. The molecule has 0 spiro atoms. The molecule has 1 aromatic carbocycles. The average Bonchev–Trinajstić information content (AvgIpc) is 3.21. The number of carbonyl (C=O) groups excluding carboxylic acids is 1. The molecule has 2 N–H and O–H groups in total. The molecule has 3 aromatic rings. The molecule has 2 amide bonds. The largest absolute Gasteiger partial charge is 0.337 e. The maximum Gasteiger partial charge on any atom is 0.319 e. The second-order valence-electron chi connectivity index (χ2n) is 8.53. The van der Waals surface area contributed by atoms with Gasteiger partial charge in [0.05, 0.1) is 5.69 Å². The predicted molar refractivity (Wildman–Crippen MR) is 152 cm³/mol. The van der Waals surface area contributed by atoms with Crippen LogP contribution in [-0.2, 0) is 0 Å². The summed E-state index contributed by atoms with van der Waals surface area (Å²) < 4.78 is 1.32. The first-order valence-electron chi connectivity index (χ1n) is 12.3. The fourth-order valence-electron chi connectivity index (χ4n) is 4.10. The molecule has 0 radical (unpaired) electrons. The molecule has 0 saturated heterocycles. The molecule has 1 atom stereocenters. The molecule has 0 fully saturated rings. The number of urea groups is 1. The molecule has 7 heteroatoms. The molecule has 0 bridgehead atoms. The van der Waals surface area contributed by atoms with Gasteiger partial charge in [0.15, 0.2) is 0 Å². The number of pyridine rings is 1. The number of amides is 2. The van der Waals surface area contributed by atoms with Crippen LogP contribution < -0.4 is 10.6 Å². The zero-order valence-electron chi connectivity index (χ0n) is 21.0. The number of fused-ring (bicyclic) bond motifs is 1. The molecular weight excluding hydrogens is 479 g/mol. The Labute approximate surface area is 217 Å². The van der Waals surface area contributed by atoms with E-state index in [-0.39, 0.29) is 6.03 Å². The van der Waals surface area contributed by atoms with Crippen LogP contribution in [0.1, 0.15) is 69.2 Å². The molecule has 2 heterocycles. The summed E-state index contributed by atoms with van der Waals surface area (Å²) in [6.45, 7) is 11.3. The van der Waals surface area contributed by atoms with E-state index in [1.54, 1.807) is 34.9 Å². The van der Waals surface area contributed by atoms with Gasteiger partial charge in [-0.25, -0.2) is 9.78 Å². The first-order chi connectivity index (χ1) is 16.5. The maximum absolute atomic E-state index is 13.1. The van der Waals surface area contributed by atoms with Gasteiger partial charge in [0.2, 0.25) is 0 Å². The fourth-order valence-corrected chi connectivity index (χ4v) is 6.83. The molecular formula is C27H37N3OS3. The Morgan fingerprint density at radius 3 is 2.62 bits per heavy atom. The van der Waals surface area contributed by atoms with Crippen molar-refractivity contribution < 1.29 is 4.79 Å². The third kappa shape index (κ3) is 7.15. The van der Waals surface area contributed by atoms with E-state index in [0.717, 1.165) is 39.2 Å². The SMILES string of the molecule is CCCCCC(CNC(=O)Nc1c(SCC)cc(C)nc1SCC)c1csc2ccc(C)cc12. The highest BCUT2D eigenvalue weighted by atomic mass is 32.2. The Bertz CT molecular complexity index is 1070. The number of nitrogens with one attached hydrogen (secondary N) is 2. The van der Waals surface area contributed by atoms with Crippen LogP contribution in [0.5, 0.6) is 0 Å². The summed E-state index contributed by atoms with van der Waals surface area (Å²) in [5.74, 6) is 2.16. The Balaban J connectivity index is 1.78. The van der Waals surface area contributed by atoms with Gasteiger partial charge in [-0.2, -0.15) is 0 Å². The topological polar surface area (TPSA) is 54.0 Å². The highest BCUT2D eigenvalue weighted by molar-refractivity contribution is 8.00. The van der Waals surface area contributed by atoms with E-state index >= 15 is 0 Å². The normalized spacial score (nSPS) is 12.1. The van der Waals surface area contributed by atoms with E-state index in [1.165, 1.54) is 40.5 Å². The van der Waals surface area contributed by atoms with Crippen molar-refractivity contribution in [2.75, 3.05) is 23.4 Å². The third-order valence-electron chi connectivity index (χ3n) is 5.76. The molecule has 1 unspecified atom stereocenters. The van der Waals surface area contributed by atoms with Gasteiger partial charge in [-0.3, -0.25) is 0 Å². The van der Waals surface area contributed by atoms with Gasteiger partial charge in [-0.05, 0) is 60.2 Å². The molecule has 0 aliphatic carbocycles. The van der Waals surface area contributed by atoms with Gasteiger partial charge in [-0.1, -0.05) is 57.7 Å². The first-order valence-corrected chi connectivity index (χ1v) is 15.1. The van der Waals surface area contributed by atoms with Crippen molar-refractivity contribution in [3.8, 4) is 0 Å². The van der Waals surface area contributed by atoms with Gasteiger partial charge in [0.1, 0.15) is 5.03 Å². The van der Waals surface area contributed by atoms with Crippen LogP contribution in [0.2, 0.25) is 0 Å². The standard InChI is InChI=1S/C27H37N3OS3/c1-6-9-10-11-20(22-17-34-23-13-12-18(4)14-21(22)23)16-28-27(31)30-25-24(32-7-2)15-19(5)29-26(25)33-8-3/h12-15,17,20H,6-11,16H2,1-5H3,(H2,28,30,31). The highest BCUT2D eigenvalue weighted by Gasteiger charge is 2.19. The van der Waals surface area contributed by atoms with Crippen LogP contribution in [0.15, 0.2) is 39.6 Å². The molecule has 0 aliphatic rings. The van der Waals surface area contributed by atoms with E-state index in [4.69, 9.17) is 4.98 Å². The number of anilines is 1. The number of hydrogen-bond acceptors (Lipinski definition) is 5. The minimum Gasteiger partial charge on any atom is -0.337 e. The molecule has 34 heavy (non-hydrogen) atoms. The lowest BCUT2D eigenvalue weighted by atomic mass is 9.92. The van der Waals surface area contributed by atoms with Crippen molar-refractivity contribution in [1.29, 1.82) is 0 Å². The van der Waals surface area contributed by atoms with Crippen LogP contribution in [0.4, 0.5) is 10.5 Å². The zero-order chi connectivity index (χ0) is 24.5. The summed E-state index contributed by atoms with van der Waals surface area (Å²) in [5.41, 5.74) is 4.45. The summed E-state index contributed by atoms with van der Waals surface area (Å²) in [4.78, 5) is 18.8. The van der Waals surface area contributed by atoms with Crippen molar-refractivity contribution in [1.82, 2.24) is 10.3 Å². The maximum atomic E-state index is 13.1. The van der Waals surface area contributed by atoms with E-state index in [1.807, 2.05) is 6.92 Å². The van der Waals surface area contributed by atoms with Gasteiger partial charge in [0, 0.05) is 27.8 Å². The lowest BCUT2D eigenvalue weighted by Gasteiger charge is -2.19. The number of thiophene rings is 1. The number of rotatable bonds is 12. The van der Waals surface area contributed by atoms with E-state index < -0.39 is 0 Å². The number of benzene rings is 1. The predicted octanol–water partition coefficient (Wildman–Crippen LogP) is 8.62. The third-order valence-corrected chi connectivity index (χ3v) is 8.52. The summed E-state index contributed by atoms with van der Waals surface area (Å²) in [6.07, 6.45) is 4.66. The van der Waals surface area contributed by atoms with Crippen LogP contribution in [0.25, 0.3) is 10.1 Å². The fraction of sp³-hybridized carbons (Fsp3) is 0.481. The second-order valence-corrected chi connectivity index (χ2v) is 12.0. The van der Waals surface area contributed by atoms with Crippen LogP contribution in [-0.4, -0.2) is 29.1 Å². The van der Waals surface area contributed by atoms with Crippen LogP contribution in [0, 0.1) is 13.8 Å². The molecule has 2 aromatic heterocycles. The Kier molecular flexibility index (Phi) is 10.6. The highest BCUT2D eigenvalue weighted by Crippen LogP contribution is 2.36. The Morgan fingerprint density at radius 2 is 1.88 bits per heavy atom. The van der Waals surface area contributed by atoms with Gasteiger partial charge >= 0.3 is 6.03 Å². The van der Waals surface area contributed by atoms with Gasteiger partial charge < -0.3 is 10.6 Å². The summed E-state index contributed by atoms with van der Waals surface area (Å²) in [7, 11) is 0. The second kappa shape index (κ2) is 13.4. The molecule has 0 aliphatic heterocycles. The van der Waals surface area contributed by atoms with Crippen LogP contribution >= 0.6 is 34.9 Å². The van der Waals surface area contributed by atoms with E-state index in [2.05, 4.69) is 68.0 Å². The molecule has 0 saturated carbocycles. The quantitative estimate of drug-likeness (QED) is 0.187. The van der Waals surface area contributed by atoms with Crippen molar-refractivity contribution in [2.24, 2.45) is 0 Å². The summed E-state index contributed by atoms with van der Waals surface area (Å²) in [5, 5.41) is 10.8. The summed E-state index contributed by atoms with van der Waals surface area (Å²) in [6, 6.07) is 8.59. The number of hydrogen-bond donors (Lipinski definition) is 2. The number of aromatic nitrogens is 1. The molecule has 4 nitrogen and oxygen atoms in total. The van der Waals surface area contributed by atoms with Crippen molar-refractivity contribution >= 4 is 56.7 Å². The monoisotopic (exact) mass is 515 g/mol. The van der Waals surface area contributed by atoms with E-state index in [9.17, 15) is 4.79 Å². The van der Waals surface area contributed by atoms with Gasteiger partial charge in [0.25, 0.3) is 0 Å². The Morgan fingerprint density at radius 1 is 1.09 bits per heavy atom. The first kappa shape index (κ1) is 26.9. The molecule has 3 rings (SSSR count). The number of nitrogens with zero attached hydrogens (tertiary/aromatic N) is 1. The minimum atomic E-state index is -0.155.